The standard InChI is InChI=1S/C28H23ClO6/c1-2-32-28(31)22-18-35-25(14-24(22)30)21-13-23(29)27(34-17-20-11-7-4-8-12-20)15-26(21)33-16-19-9-5-3-6-10-19/h3-15,18H,2,16-17H2,1H3. The van der Waals surface area contributed by atoms with Gasteiger partial charge in [0.1, 0.15) is 42.3 Å². The molecule has 3 aromatic carbocycles. The van der Waals surface area contributed by atoms with Crippen LogP contribution in [0.1, 0.15) is 28.4 Å². The van der Waals surface area contributed by atoms with Crippen LogP contribution in [0.3, 0.4) is 0 Å². The maximum atomic E-state index is 12.6. The minimum Gasteiger partial charge on any atom is -0.488 e. The summed E-state index contributed by atoms with van der Waals surface area (Å²) < 4.78 is 22.6. The third-order valence-electron chi connectivity index (χ3n) is 5.10. The molecule has 4 rings (SSSR count). The van der Waals surface area contributed by atoms with E-state index in [4.69, 9.17) is 30.2 Å². The molecule has 0 bridgehead atoms. The second-order valence-electron chi connectivity index (χ2n) is 7.57. The summed E-state index contributed by atoms with van der Waals surface area (Å²) in [7, 11) is 0. The molecule has 6 nitrogen and oxygen atoms in total. The second kappa shape index (κ2) is 11.4. The van der Waals surface area contributed by atoms with E-state index in [1.807, 2.05) is 60.7 Å². The fourth-order valence-electron chi connectivity index (χ4n) is 3.34. The van der Waals surface area contributed by atoms with Crippen LogP contribution in [0, 0.1) is 0 Å². The summed E-state index contributed by atoms with van der Waals surface area (Å²) in [5.41, 5.74) is 1.68. The molecule has 0 saturated heterocycles. The van der Waals surface area contributed by atoms with E-state index in [0.717, 1.165) is 17.4 Å². The van der Waals surface area contributed by atoms with Gasteiger partial charge in [0, 0.05) is 12.1 Å². The first-order chi connectivity index (χ1) is 17.0. The van der Waals surface area contributed by atoms with E-state index < -0.39 is 11.4 Å². The molecule has 0 aliphatic carbocycles. The Morgan fingerprint density at radius 1 is 0.857 bits per heavy atom. The number of hydrogen-bond donors (Lipinski definition) is 0. The lowest BCUT2D eigenvalue weighted by Crippen LogP contribution is -2.16. The number of esters is 1. The van der Waals surface area contributed by atoms with E-state index in [0.29, 0.717) is 28.7 Å². The Labute approximate surface area is 207 Å². The molecule has 7 heteroatoms. The van der Waals surface area contributed by atoms with Crippen LogP contribution in [0.2, 0.25) is 5.02 Å². The lowest BCUT2D eigenvalue weighted by molar-refractivity contribution is 0.0522. The number of benzene rings is 3. The molecule has 4 aromatic rings. The fraction of sp³-hybridized carbons (Fsp3) is 0.143. The SMILES string of the molecule is CCOC(=O)c1coc(-c2cc(Cl)c(OCc3ccccc3)cc2OCc2ccccc2)cc1=O. The van der Waals surface area contributed by atoms with Crippen LogP contribution in [-0.2, 0) is 18.0 Å². The van der Waals surface area contributed by atoms with Gasteiger partial charge in [0.15, 0.2) is 5.43 Å². The molecule has 1 heterocycles. The predicted molar refractivity (Wildman–Crippen MR) is 133 cm³/mol. The number of hydrogen-bond acceptors (Lipinski definition) is 6. The van der Waals surface area contributed by atoms with Crippen molar-refractivity contribution >= 4 is 17.6 Å². The number of carbonyl (C=O) groups is 1. The average molecular weight is 491 g/mol. The van der Waals surface area contributed by atoms with Gasteiger partial charge in [-0.1, -0.05) is 72.3 Å². The molecule has 35 heavy (non-hydrogen) atoms. The molecule has 178 valence electrons. The molecule has 0 atom stereocenters. The van der Waals surface area contributed by atoms with Crippen LogP contribution < -0.4 is 14.9 Å². The summed E-state index contributed by atoms with van der Waals surface area (Å²) in [4.78, 5) is 24.6. The zero-order chi connectivity index (χ0) is 24.6. The number of ether oxygens (including phenoxy) is 3. The summed E-state index contributed by atoms with van der Waals surface area (Å²) in [5, 5.41) is 0.320. The van der Waals surface area contributed by atoms with Crippen LogP contribution in [0.5, 0.6) is 11.5 Å². The highest BCUT2D eigenvalue weighted by Gasteiger charge is 2.19. The quantitative estimate of drug-likeness (QED) is 0.256. The van der Waals surface area contributed by atoms with Gasteiger partial charge in [0.2, 0.25) is 0 Å². The van der Waals surface area contributed by atoms with Gasteiger partial charge in [0.05, 0.1) is 17.2 Å². The van der Waals surface area contributed by atoms with Crippen LogP contribution in [0.4, 0.5) is 0 Å². The zero-order valence-corrected chi connectivity index (χ0v) is 19.8. The Balaban J connectivity index is 1.67. The van der Waals surface area contributed by atoms with Crippen molar-refractivity contribution < 1.29 is 23.4 Å². The van der Waals surface area contributed by atoms with E-state index in [1.165, 1.54) is 6.07 Å². The lowest BCUT2D eigenvalue weighted by Gasteiger charge is -2.15. The lowest BCUT2D eigenvalue weighted by atomic mass is 10.1. The Hall–Kier alpha value is -4.03. The Bertz CT molecular complexity index is 1350. The fourth-order valence-corrected chi connectivity index (χ4v) is 3.56. The van der Waals surface area contributed by atoms with Gasteiger partial charge in [-0.15, -0.1) is 0 Å². The summed E-state index contributed by atoms with van der Waals surface area (Å²) in [6.07, 6.45) is 1.09. The molecule has 0 spiro atoms. The summed E-state index contributed by atoms with van der Waals surface area (Å²) in [6.45, 7) is 2.41. The van der Waals surface area contributed by atoms with Gasteiger partial charge in [-0.05, 0) is 24.1 Å². The van der Waals surface area contributed by atoms with E-state index in [1.54, 1.807) is 19.1 Å². The first-order valence-corrected chi connectivity index (χ1v) is 11.4. The van der Waals surface area contributed by atoms with Crippen LogP contribution >= 0.6 is 11.6 Å². The van der Waals surface area contributed by atoms with Crippen molar-refractivity contribution in [3.63, 3.8) is 0 Å². The molecule has 0 aliphatic rings. The van der Waals surface area contributed by atoms with Crippen molar-refractivity contribution in [2.24, 2.45) is 0 Å². The Morgan fingerprint density at radius 3 is 2.03 bits per heavy atom. The molecule has 0 fully saturated rings. The molecular formula is C28H23ClO6. The molecule has 1 aromatic heterocycles. The van der Waals surface area contributed by atoms with Gasteiger partial charge in [-0.25, -0.2) is 4.79 Å². The average Bonchev–Trinajstić information content (AvgIpc) is 2.88. The van der Waals surface area contributed by atoms with Gasteiger partial charge in [-0.2, -0.15) is 0 Å². The van der Waals surface area contributed by atoms with Crippen LogP contribution in [0.25, 0.3) is 11.3 Å². The Kier molecular flexibility index (Phi) is 7.85. The van der Waals surface area contributed by atoms with E-state index in [9.17, 15) is 9.59 Å². The maximum Gasteiger partial charge on any atom is 0.345 e. The minimum atomic E-state index is -0.740. The molecule has 0 saturated carbocycles. The van der Waals surface area contributed by atoms with E-state index in [2.05, 4.69) is 0 Å². The van der Waals surface area contributed by atoms with Crippen molar-refractivity contribution in [3.8, 4) is 22.8 Å². The highest BCUT2D eigenvalue weighted by Crippen LogP contribution is 2.39. The van der Waals surface area contributed by atoms with Crippen molar-refractivity contribution in [2.75, 3.05) is 6.61 Å². The predicted octanol–water partition coefficient (Wildman–Crippen LogP) is 6.29. The number of rotatable bonds is 9. The smallest absolute Gasteiger partial charge is 0.345 e. The van der Waals surface area contributed by atoms with Gasteiger partial charge >= 0.3 is 5.97 Å². The highest BCUT2D eigenvalue weighted by molar-refractivity contribution is 6.32. The largest absolute Gasteiger partial charge is 0.488 e. The van der Waals surface area contributed by atoms with E-state index >= 15 is 0 Å². The van der Waals surface area contributed by atoms with Crippen molar-refractivity contribution in [1.29, 1.82) is 0 Å². The maximum absolute atomic E-state index is 12.6. The third-order valence-corrected chi connectivity index (χ3v) is 5.40. The monoisotopic (exact) mass is 490 g/mol. The molecule has 0 radical (unpaired) electrons. The van der Waals surface area contributed by atoms with Gasteiger partial charge < -0.3 is 18.6 Å². The molecular weight excluding hydrogens is 468 g/mol. The number of halogens is 1. The Morgan fingerprint density at radius 2 is 1.46 bits per heavy atom. The summed E-state index contributed by atoms with van der Waals surface area (Å²) in [6, 6.07) is 23.8. The first-order valence-electron chi connectivity index (χ1n) is 11.0. The van der Waals surface area contributed by atoms with Crippen molar-refractivity contribution in [1.82, 2.24) is 0 Å². The topological polar surface area (TPSA) is 75.0 Å². The minimum absolute atomic E-state index is 0.150. The highest BCUT2D eigenvalue weighted by atomic mass is 35.5. The van der Waals surface area contributed by atoms with Crippen LogP contribution in [0.15, 0.2) is 94.3 Å². The van der Waals surface area contributed by atoms with Crippen molar-refractivity contribution in [2.45, 2.75) is 20.1 Å². The summed E-state index contributed by atoms with van der Waals surface area (Å²) >= 11 is 6.52. The molecule has 0 amide bonds. The van der Waals surface area contributed by atoms with Gasteiger partial charge in [0.25, 0.3) is 0 Å². The number of carbonyl (C=O) groups excluding carboxylic acids is 1. The van der Waals surface area contributed by atoms with Crippen molar-refractivity contribution in [3.05, 3.63) is 117 Å². The molecule has 0 aliphatic heterocycles. The zero-order valence-electron chi connectivity index (χ0n) is 19.0. The molecule has 0 unspecified atom stereocenters. The van der Waals surface area contributed by atoms with Gasteiger partial charge in [-0.3, -0.25) is 4.79 Å². The normalized spacial score (nSPS) is 10.6. The third kappa shape index (κ3) is 6.11. The second-order valence-corrected chi connectivity index (χ2v) is 7.98. The van der Waals surface area contributed by atoms with E-state index in [-0.39, 0.29) is 24.5 Å². The molecule has 0 N–H and O–H groups in total. The van der Waals surface area contributed by atoms with Crippen LogP contribution in [-0.4, -0.2) is 12.6 Å². The first kappa shape index (κ1) is 24.1. The summed E-state index contributed by atoms with van der Waals surface area (Å²) in [5.74, 6) is 0.292.